The first-order valence-corrected chi connectivity index (χ1v) is 11.8. The number of aromatic nitrogens is 1. The zero-order valence-electron chi connectivity index (χ0n) is 19.3. The molecule has 1 fully saturated rings. The zero-order chi connectivity index (χ0) is 22.9. The van der Waals surface area contributed by atoms with Gasteiger partial charge in [0.05, 0.1) is 5.52 Å². The molecule has 1 heterocycles. The lowest BCUT2D eigenvalue weighted by Gasteiger charge is -2.36. The summed E-state index contributed by atoms with van der Waals surface area (Å²) in [7, 11) is 0. The number of carbonyl (C=O) groups excluding carboxylic acids is 1. The molecule has 0 aliphatic heterocycles. The molecule has 2 N–H and O–H groups in total. The summed E-state index contributed by atoms with van der Waals surface area (Å²) in [5.74, 6) is 1.72. The smallest absolute Gasteiger partial charge is 0.227 e. The molecule has 3 aromatic rings. The van der Waals surface area contributed by atoms with Crippen molar-refractivity contribution >= 4 is 45.6 Å². The standard InChI is InChI=1S/C27H32ClN3O/c1-17-14-25(29-21-7-5-6-20(28)15-21)31-24-13-12-22(16-23(17)24)30-26(32)18-8-10-19(11-9-18)27(2,3)4/h5-7,12-16,18-19H,8-11H2,1-4H3,(H,29,31)(H,30,32). The molecule has 4 nitrogen and oxygen atoms in total. The van der Waals surface area contributed by atoms with Crippen LogP contribution in [-0.2, 0) is 4.79 Å². The molecule has 0 bridgehead atoms. The van der Waals surface area contributed by atoms with Crippen LogP contribution in [0.3, 0.4) is 0 Å². The third kappa shape index (κ3) is 5.24. The van der Waals surface area contributed by atoms with Gasteiger partial charge in [0, 0.05) is 27.7 Å². The van der Waals surface area contributed by atoms with Crippen LogP contribution in [0.2, 0.25) is 5.02 Å². The second-order valence-corrected chi connectivity index (χ2v) is 10.5. The van der Waals surface area contributed by atoms with E-state index in [9.17, 15) is 4.79 Å². The maximum Gasteiger partial charge on any atom is 0.227 e. The first-order chi connectivity index (χ1) is 15.2. The second kappa shape index (κ2) is 9.11. The van der Waals surface area contributed by atoms with Crippen LogP contribution < -0.4 is 10.6 Å². The minimum absolute atomic E-state index is 0.104. The first kappa shape index (κ1) is 22.6. The van der Waals surface area contributed by atoms with Gasteiger partial charge in [0.25, 0.3) is 0 Å². The van der Waals surface area contributed by atoms with Crippen LogP contribution in [0.1, 0.15) is 52.0 Å². The number of hydrogen-bond acceptors (Lipinski definition) is 3. The van der Waals surface area contributed by atoms with Crippen molar-refractivity contribution in [3.8, 4) is 0 Å². The van der Waals surface area contributed by atoms with Crippen molar-refractivity contribution in [1.29, 1.82) is 0 Å². The van der Waals surface area contributed by atoms with Crippen LogP contribution in [0.15, 0.2) is 48.5 Å². The number of fused-ring (bicyclic) bond motifs is 1. The Hall–Kier alpha value is -2.59. The van der Waals surface area contributed by atoms with Gasteiger partial charge in [-0.25, -0.2) is 4.98 Å². The molecule has 1 aromatic heterocycles. The predicted molar refractivity (Wildman–Crippen MR) is 135 cm³/mol. The maximum atomic E-state index is 12.9. The van der Waals surface area contributed by atoms with Crippen molar-refractivity contribution in [1.82, 2.24) is 4.98 Å². The molecule has 168 valence electrons. The quantitative estimate of drug-likeness (QED) is 0.428. The normalized spacial score (nSPS) is 19.0. The number of nitrogens with one attached hydrogen (secondary N) is 2. The van der Waals surface area contributed by atoms with Crippen molar-refractivity contribution in [2.45, 2.75) is 53.4 Å². The van der Waals surface area contributed by atoms with E-state index in [1.54, 1.807) is 0 Å². The van der Waals surface area contributed by atoms with Crippen LogP contribution >= 0.6 is 11.6 Å². The van der Waals surface area contributed by atoms with Gasteiger partial charge in [-0.1, -0.05) is 38.4 Å². The molecule has 0 radical (unpaired) electrons. The lowest BCUT2D eigenvalue weighted by atomic mass is 9.69. The fourth-order valence-corrected chi connectivity index (χ4v) is 4.91. The van der Waals surface area contributed by atoms with Crippen molar-refractivity contribution in [2.75, 3.05) is 10.6 Å². The molecule has 5 heteroatoms. The summed E-state index contributed by atoms with van der Waals surface area (Å²) in [5.41, 5.74) is 4.04. The molecule has 0 atom stereocenters. The van der Waals surface area contributed by atoms with Crippen LogP contribution in [0, 0.1) is 24.2 Å². The highest BCUT2D eigenvalue weighted by molar-refractivity contribution is 6.30. The molecule has 0 spiro atoms. The third-order valence-corrected chi connectivity index (χ3v) is 6.94. The Morgan fingerprint density at radius 2 is 1.75 bits per heavy atom. The number of carbonyl (C=O) groups is 1. The van der Waals surface area contributed by atoms with Gasteiger partial charge in [0.2, 0.25) is 5.91 Å². The topological polar surface area (TPSA) is 54.0 Å². The lowest BCUT2D eigenvalue weighted by Crippen LogP contribution is -2.31. The Labute approximate surface area is 195 Å². The van der Waals surface area contributed by atoms with Gasteiger partial charge in [-0.15, -0.1) is 0 Å². The number of halogens is 1. The minimum atomic E-state index is 0.104. The van der Waals surface area contributed by atoms with Crippen LogP contribution in [-0.4, -0.2) is 10.9 Å². The van der Waals surface area contributed by atoms with Crippen molar-refractivity contribution < 1.29 is 4.79 Å². The molecule has 32 heavy (non-hydrogen) atoms. The van der Waals surface area contributed by atoms with Gasteiger partial charge in [-0.2, -0.15) is 0 Å². The van der Waals surface area contributed by atoms with E-state index >= 15 is 0 Å². The van der Waals surface area contributed by atoms with E-state index in [1.165, 1.54) is 0 Å². The van der Waals surface area contributed by atoms with Gasteiger partial charge in [0.15, 0.2) is 0 Å². The summed E-state index contributed by atoms with van der Waals surface area (Å²) in [6.45, 7) is 8.98. The van der Waals surface area contributed by atoms with E-state index in [4.69, 9.17) is 16.6 Å². The number of rotatable bonds is 4. The molecule has 1 amide bonds. The minimum Gasteiger partial charge on any atom is -0.340 e. The average Bonchev–Trinajstić information content (AvgIpc) is 2.74. The highest BCUT2D eigenvalue weighted by Gasteiger charge is 2.32. The van der Waals surface area contributed by atoms with Gasteiger partial charge >= 0.3 is 0 Å². The number of pyridine rings is 1. The maximum absolute atomic E-state index is 12.9. The Balaban J connectivity index is 1.45. The predicted octanol–water partition coefficient (Wildman–Crippen LogP) is 7.73. The number of anilines is 3. The number of aryl methyl sites for hydroxylation is 1. The largest absolute Gasteiger partial charge is 0.340 e. The van der Waals surface area contributed by atoms with Crippen molar-refractivity contribution in [3.63, 3.8) is 0 Å². The van der Waals surface area contributed by atoms with E-state index in [2.05, 4.69) is 38.3 Å². The second-order valence-electron chi connectivity index (χ2n) is 10.1. The van der Waals surface area contributed by atoms with E-state index in [1.807, 2.05) is 48.5 Å². The van der Waals surface area contributed by atoms with E-state index in [-0.39, 0.29) is 11.8 Å². The Kier molecular flexibility index (Phi) is 6.43. The molecule has 0 unspecified atom stereocenters. The van der Waals surface area contributed by atoms with E-state index < -0.39 is 0 Å². The summed E-state index contributed by atoms with van der Waals surface area (Å²) in [6, 6.07) is 15.5. The number of nitrogens with zero attached hydrogens (tertiary/aromatic N) is 1. The van der Waals surface area contributed by atoms with Gasteiger partial charge < -0.3 is 10.6 Å². The SMILES string of the molecule is Cc1cc(Nc2cccc(Cl)c2)nc2ccc(NC(=O)C3CCC(C(C)(C)C)CC3)cc12. The summed E-state index contributed by atoms with van der Waals surface area (Å²) in [6.07, 6.45) is 4.20. The Morgan fingerprint density at radius 1 is 1.00 bits per heavy atom. The average molecular weight is 450 g/mol. The molecular weight excluding hydrogens is 418 g/mol. The van der Waals surface area contributed by atoms with E-state index in [0.29, 0.717) is 16.4 Å². The molecular formula is C27H32ClN3O. The number of hydrogen-bond donors (Lipinski definition) is 2. The molecule has 4 rings (SSSR count). The molecule has 1 saturated carbocycles. The molecule has 1 aliphatic carbocycles. The van der Waals surface area contributed by atoms with Gasteiger partial charge in [-0.3, -0.25) is 4.79 Å². The van der Waals surface area contributed by atoms with E-state index in [0.717, 1.165) is 59.3 Å². The molecule has 2 aromatic carbocycles. The Morgan fingerprint density at radius 3 is 2.44 bits per heavy atom. The summed E-state index contributed by atoms with van der Waals surface area (Å²) in [5, 5.41) is 8.18. The summed E-state index contributed by atoms with van der Waals surface area (Å²) in [4.78, 5) is 17.6. The van der Waals surface area contributed by atoms with Crippen LogP contribution in [0.25, 0.3) is 10.9 Å². The van der Waals surface area contributed by atoms with Crippen LogP contribution in [0.5, 0.6) is 0 Å². The molecule has 0 saturated heterocycles. The zero-order valence-corrected chi connectivity index (χ0v) is 20.1. The lowest BCUT2D eigenvalue weighted by molar-refractivity contribution is -0.121. The number of benzene rings is 2. The molecule has 1 aliphatic rings. The number of amides is 1. The fraction of sp³-hybridized carbons (Fsp3) is 0.407. The summed E-state index contributed by atoms with van der Waals surface area (Å²) >= 11 is 6.08. The van der Waals surface area contributed by atoms with Crippen molar-refractivity contribution in [3.05, 3.63) is 59.1 Å². The highest BCUT2D eigenvalue weighted by atomic mass is 35.5. The van der Waals surface area contributed by atoms with Crippen molar-refractivity contribution in [2.24, 2.45) is 17.3 Å². The monoisotopic (exact) mass is 449 g/mol. The Bertz CT molecular complexity index is 1130. The van der Waals surface area contributed by atoms with Gasteiger partial charge in [-0.05, 0) is 92.0 Å². The summed E-state index contributed by atoms with van der Waals surface area (Å²) < 4.78 is 0. The van der Waals surface area contributed by atoms with Crippen LogP contribution in [0.4, 0.5) is 17.2 Å². The third-order valence-electron chi connectivity index (χ3n) is 6.70. The fourth-order valence-electron chi connectivity index (χ4n) is 4.72. The first-order valence-electron chi connectivity index (χ1n) is 11.4. The van der Waals surface area contributed by atoms with Gasteiger partial charge in [0.1, 0.15) is 5.82 Å². The highest BCUT2D eigenvalue weighted by Crippen LogP contribution is 2.40.